The van der Waals surface area contributed by atoms with Crippen molar-refractivity contribution in [2.75, 3.05) is 0 Å². The van der Waals surface area contributed by atoms with Crippen LogP contribution in [0.25, 0.3) is 0 Å². The number of carboxylic acid groups (broad SMARTS) is 1. The maximum absolute atomic E-state index is 11.1. The van der Waals surface area contributed by atoms with Crippen molar-refractivity contribution in [2.24, 2.45) is 5.92 Å². The Morgan fingerprint density at radius 3 is 2.56 bits per heavy atom. The number of carboxylic acids is 1. The summed E-state index contributed by atoms with van der Waals surface area (Å²) in [6, 6.07) is 3.42. The summed E-state index contributed by atoms with van der Waals surface area (Å²) in [4.78, 5) is 14.4. The van der Waals surface area contributed by atoms with Gasteiger partial charge in [0.1, 0.15) is 0 Å². The van der Waals surface area contributed by atoms with Crippen LogP contribution in [0.5, 0.6) is 5.88 Å². The molecule has 0 fully saturated rings. The summed E-state index contributed by atoms with van der Waals surface area (Å²) in [7, 11) is 0. The van der Waals surface area contributed by atoms with Gasteiger partial charge in [0.15, 0.2) is 0 Å². The van der Waals surface area contributed by atoms with E-state index in [1.165, 1.54) is 57.1 Å². The average Bonchev–Trinajstić information content (AvgIpc) is 2.59. The van der Waals surface area contributed by atoms with E-state index in [4.69, 9.17) is 5.11 Å². The Kier molecular flexibility index (Phi) is 11.4. The summed E-state index contributed by atoms with van der Waals surface area (Å²) < 4.78 is 0. The maximum atomic E-state index is 11.1. The Morgan fingerprint density at radius 2 is 1.88 bits per heavy atom. The van der Waals surface area contributed by atoms with Crippen LogP contribution in [0.3, 0.4) is 0 Å². The van der Waals surface area contributed by atoms with E-state index in [0.29, 0.717) is 5.92 Å². The van der Waals surface area contributed by atoms with E-state index >= 15 is 0 Å². The molecule has 1 aromatic rings. The zero-order valence-corrected chi connectivity index (χ0v) is 15.5. The van der Waals surface area contributed by atoms with E-state index in [1.807, 2.05) is 6.07 Å². The molecule has 0 saturated heterocycles. The van der Waals surface area contributed by atoms with Crippen LogP contribution in [0.2, 0.25) is 0 Å². The minimum Gasteiger partial charge on any atom is -0.859 e. The molecular weight excluding hydrogens is 314 g/mol. The van der Waals surface area contributed by atoms with Crippen molar-refractivity contribution in [3.8, 4) is 5.88 Å². The van der Waals surface area contributed by atoms with Crippen molar-refractivity contribution < 1.29 is 15.0 Å². The number of hydrogen-bond donors (Lipinski definition) is 1. The molecule has 0 radical (unpaired) electrons. The number of carbonyl (C=O) groups is 1. The van der Waals surface area contributed by atoms with Gasteiger partial charge in [0.05, 0.1) is 0 Å². The second-order valence-corrected chi connectivity index (χ2v) is 6.80. The van der Waals surface area contributed by atoms with Crippen LogP contribution in [-0.2, 0) is 11.2 Å². The van der Waals surface area contributed by atoms with Gasteiger partial charge in [0.25, 0.3) is 0 Å². The summed E-state index contributed by atoms with van der Waals surface area (Å²) in [6.07, 6.45) is 17.4. The number of unbranched alkanes of at least 4 members (excludes halogenated alkanes) is 6. The number of rotatable bonds is 14. The average molecular weight is 346 g/mol. The fraction of sp³-hybridized carbons (Fsp3) is 0.619. The van der Waals surface area contributed by atoms with Crippen molar-refractivity contribution in [3.05, 3.63) is 36.0 Å². The second kappa shape index (κ2) is 13.5. The van der Waals surface area contributed by atoms with Crippen LogP contribution in [0.15, 0.2) is 30.5 Å². The predicted molar refractivity (Wildman–Crippen MR) is 99.5 cm³/mol. The van der Waals surface area contributed by atoms with Gasteiger partial charge in [-0.15, -0.1) is 0 Å². The number of nitrogens with zero attached hydrogens (tertiary/aromatic N) is 1. The van der Waals surface area contributed by atoms with Gasteiger partial charge in [-0.25, -0.2) is 4.79 Å². The van der Waals surface area contributed by atoms with E-state index in [0.717, 1.165) is 31.2 Å². The smallest absolute Gasteiger partial charge is 0.327 e. The van der Waals surface area contributed by atoms with Crippen molar-refractivity contribution in [1.82, 2.24) is 4.98 Å². The lowest BCUT2D eigenvalue weighted by molar-refractivity contribution is -0.275. The summed E-state index contributed by atoms with van der Waals surface area (Å²) in [5.74, 6) is -0.494. The third-order valence-electron chi connectivity index (χ3n) is 4.53. The number of pyridine rings is 1. The lowest BCUT2D eigenvalue weighted by Crippen LogP contribution is -2.06. The van der Waals surface area contributed by atoms with Crippen LogP contribution < -0.4 is 5.11 Å². The predicted octanol–water partition coefficient (Wildman–Crippen LogP) is 4.88. The molecular formula is C21H32NO3-. The highest BCUT2D eigenvalue weighted by atomic mass is 16.4. The van der Waals surface area contributed by atoms with Gasteiger partial charge in [-0.1, -0.05) is 70.1 Å². The molecule has 4 nitrogen and oxygen atoms in total. The Balaban J connectivity index is 2.39. The number of aromatic nitrogens is 1. The first-order valence-electron chi connectivity index (χ1n) is 9.63. The SMILES string of the molecule is CCCCCCCCC(CCCC=CC(=O)O)Cc1ccc([O-])nc1. The normalized spacial score (nSPS) is 12.5. The lowest BCUT2D eigenvalue weighted by Gasteiger charge is -2.17. The van der Waals surface area contributed by atoms with Gasteiger partial charge >= 0.3 is 5.97 Å². The van der Waals surface area contributed by atoms with Crippen LogP contribution in [0, 0.1) is 5.92 Å². The monoisotopic (exact) mass is 346 g/mol. The van der Waals surface area contributed by atoms with E-state index in [1.54, 1.807) is 12.3 Å². The topological polar surface area (TPSA) is 73.2 Å². The molecule has 140 valence electrons. The van der Waals surface area contributed by atoms with E-state index < -0.39 is 5.97 Å². The summed E-state index contributed by atoms with van der Waals surface area (Å²) in [6.45, 7) is 2.23. The first-order chi connectivity index (χ1) is 12.1. The van der Waals surface area contributed by atoms with Gasteiger partial charge in [0, 0.05) is 12.3 Å². The fourth-order valence-electron chi connectivity index (χ4n) is 3.14. The van der Waals surface area contributed by atoms with Crippen molar-refractivity contribution in [1.29, 1.82) is 0 Å². The molecule has 1 aromatic heterocycles. The standard InChI is InChI=1S/C21H33NO3/c1-2-3-4-5-6-8-11-18(12-9-7-10-13-21(24)25)16-19-14-15-20(23)22-17-19/h10,13-15,17-18H,2-9,11-12,16H2,1H3,(H,22,23)(H,24,25)/p-1. The molecule has 1 atom stereocenters. The fourth-order valence-corrected chi connectivity index (χ4v) is 3.14. The Labute approximate surface area is 152 Å². The Bertz CT molecular complexity index is 496. The molecule has 25 heavy (non-hydrogen) atoms. The lowest BCUT2D eigenvalue weighted by atomic mass is 9.89. The molecule has 0 saturated carbocycles. The van der Waals surface area contributed by atoms with Gasteiger partial charge in [-0.3, -0.25) is 4.98 Å². The van der Waals surface area contributed by atoms with E-state index in [2.05, 4.69) is 11.9 Å². The molecule has 0 aromatic carbocycles. The third-order valence-corrected chi connectivity index (χ3v) is 4.53. The summed E-state index contributed by atoms with van der Waals surface area (Å²) in [5, 5.41) is 19.8. The molecule has 0 aliphatic carbocycles. The van der Waals surface area contributed by atoms with E-state index in [9.17, 15) is 9.90 Å². The number of allylic oxidation sites excluding steroid dienone is 1. The molecule has 1 N–H and O–H groups in total. The Hall–Kier alpha value is -1.84. The van der Waals surface area contributed by atoms with Crippen molar-refractivity contribution >= 4 is 5.97 Å². The van der Waals surface area contributed by atoms with Crippen LogP contribution in [0.1, 0.15) is 76.7 Å². The molecule has 0 amide bonds. The van der Waals surface area contributed by atoms with Crippen LogP contribution in [0.4, 0.5) is 0 Å². The number of aliphatic carboxylic acids is 1. The molecule has 1 rings (SSSR count). The van der Waals surface area contributed by atoms with Crippen LogP contribution in [-0.4, -0.2) is 16.1 Å². The van der Waals surface area contributed by atoms with Gasteiger partial charge in [-0.2, -0.15) is 0 Å². The summed E-state index contributed by atoms with van der Waals surface area (Å²) in [5.41, 5.74) is 1.12. The maximum Gasteiger partial charge on any atom is 0.327 e. The largest absolute Gasteiger partial charge is 0.859 e. The first-order valence-corrected chi connectivity index (χ1v) is 9.63. The van der Waals surface area contributed by atoms with Crippen LogP contribution >= 0.6 is 0 Å². The second-order valence-electron chi connectivity index (χ2n) is 6.80. The molecule has 1 unspecified atom stereocenters. The van der Waals surface area contributed by atoms with E-state index in [-0.39, 0.29) is 5.88 Å². The molecule has 0 aliphatic heterocycles. The van der Waals surface area contributed by atoms with Crippen molar-refractivity contribution in [2.45, 2.75) is 77.6 Å². The zero-order valence-electron chi connectivity index (χ0n) is 15.5. The third kappa shape index (κ3) is 11.4. The van der Waals surface area contributed by atoms with Crippen molar-refractivity contribution in [3.63, 3.8) is 0 Å². The van der Waals surface area contributed by atoms with Gasteiger partial charge in [0.2, 0.25) is 0 Å². The first kappa shape index (κ1) is 21.2. The van der Waals surface area contributed by atoms with Gasteiger partial charge < -0.3 is 10.2 Å². The quantitative estimate of drug-likeness (QED) is 0.385. The molecule has 0 bridgehead atoms. The molecule has 1 heterocycles. The highest BCUT2D eigenvalue weighted by molar-refractivity contribution is 5.79. The summed E-state index contributed by atoms with van der Waals surface area (Å²) >= 11 is 0. The minimum atomic E-state index is -0.882. The number of hydrogen-bond acceptors (Lipinski definition) is 3. The molecule has 0 aliphatic rings. The minimum absolute atomic E-state index is 0.185. The molecule has 0 spiro atoms. The zero-order chi connectivity index (χ0) is 18.3. The Morgan fingerprint density at radius 1 is 1.16 bits per heavy atom. The molecule has 4 heteroatoms. The van der Waals surface area contributed by atoms with Gasteiger partial charge in [-0.05, 0) is 43.0 Å². The highest BCUT2D eigenvalue weighted by Crippen LogP contribution is 2.22. The highest BCUT2D eigenvalue weighted by Gasteiger charge is 2.10.